The summed E-state index contributed by atoms with van der Waals surface area (Å²) in [6.07, 6.45) is 1.87. The molecule has 152 valence electrons. The normalized spacial score (nSPS) is 18.3. The quantitative estimate of drug-likeness (QED) is 0.658. The van der Waals surface area contributed by atoms with E-state index in [1.165, 1.54) is 11.1 Å². The first kappa shape index (κ1) is 20.8. The van der Waals surface area contributed by atoms with Gasteiger partial charge in [0.05, 0.1) is 6.61 Å². The van der Waals surface area contributed by atoms with Gasteiger partial charge in [-0.05, 0) is 36.1 Å². The van der Waals surface area contributed by atoms with Gasteiger partial charge in [-0.3, -0.25) is 9.80 Å². The average molecular weight is 385 g/mol. The number of nitrogens with zero attached hydrogens (tertiary/aromatic N) is 2. The van der Waals surface area contributed by atoms with E-state index in [-0.39, 0.29) is 13.2 Å². The Morgan fingerprint density at radius 1 is 0.893 bits per heavy atom. The van der Waals surface area contributed by atoms with Gasteiger partial charge in [0.2, 0.25) is 0 Å². The second kappa shape index (κ2) is 11.2. The van der Waals surface area contributed by atoms with Gasteiger partial charge in [0.25, 0.3) is 0 Å². The van der Waals surface area contributed by atoms with Crippen LogP contribution in [0.15, 0.2) is 54.6 Å². The summed E-state index contributed by atoms with van der Waals surface area (Å²) in [5.41, 5.74) is 2.63. The van der Waals surface area contributed by atoms with Gasteiger partial charge in [0, 0.05) is 45.4 Å². The molecule has 5 heteroatoms. The van der Waals surface area contributed by atoms with Crippen LogP contribution in [-0.4, -0.2) is 72.1 Å². The molecule has 1 saturated heterocycles. The van der Waals surface area contributed by atoms with Crippen LogP contribution in [0.3, 0.4) is 0 Å². The van der Waals surface area contributed by atoms with Crippen molar-refractivity contribution in [1.29, 1.82) is 0 Å². The molecular weight excluding hydrogens is 352 g/mol. The highest BCUT2D eigenvalue weighted by Gasteiger charge is 2.26. The number of piperazine rings is 1. The molecule has 1 aliphatic rings. The summed E-state index contributed by atoms with van der Waals surface area (Å²) < 4.78 is 5.43. The van der Waals surface area contributed by atoms with E-state index in [1.54, 1.807) is 0 Å². The Labute approximate surface area is 168 Å². The van der Waals surface area contributed by atoms with Crippen LogP contribution in [0.1, 0.15) is 17.5 Å². The predicted molar refractivity (Wildman–Crippen MR) is 112 cm³/mol. The lowest BCUT2D eigenvalue weighted by molar-refractivity contribution is 0.0562. The molecule has 5 nitrogen and oxygen atoms in total. The number of benzene rings is 2. The summed E-state index contributed by atoms with van der Waals surface area (Å²) >= 11 is 0. The van der Waals surface area contributed by atoms with Crippen LogP contribution in [0.4, 0.5) is 0 Å². The van der Waals surface area contributed by atoms with Crippen molar-refractivity contribution in [2.24, 2.45) is 0 Å². The lowest BCUT2D eigenvalue weighted by Gasteiger charge is -2.41. The average Bonchev–Trinajstić information content (AvgIpc) is 2.74. The third-order valence-corrected chi connectivity index (χ3v) is 5.37. The molecule has 1 fully saturated rings. The topological polar surface area (TPSA) is 56.2 Å². The van der Waals surface area contributed by atoms with E-state index >= 15 is 0 Å². The molecule has 0 aromatic heterocycles. The fourth-order valence-corrected chi connectivity index (χ4v) is 3.85. The smallest absolute Gasteiger partial charge is 0.119 e. The van der Waals surface area contributed by atoms with Crippen LogP contribution >= 0.6 is 0 Å². The summed E-state index contributed by atoms with van der Waals surface area (Å²) in [7, 11) is 0. The molecule has 0 spiro atoms. The minimum absolute atomic E-state index is 0.0303. The predicted octanol–water partition coefficient (Wildman–Crippen LogP) is 2.17. The molecule has 0 aliphatic carbocycles. The SMILES string of the molecule is OCCOc1ccc(CN2CCN(CCc3ccccc3)C(CCO)C2)cc1. The number of aliphatic hydroxyl groups excluding tert-OH is 2. The molecule has 1 atom stereocenters. The van der Waals surface area contributed by atoms with Gasteiger partial charge in [0.15, 0.2) is 0 Å². The summed E-state index contributed by atoms with van der Waals surface area (Å²) in [5.74, 6) is 0.793. The van der Waals surface area contributed by atoms with Crippen LogP contribution < -0.4 is 4.74 Å². The van der Waals surface area contributed by atoms with Crippen molar-refractivity contribution in [3.05, 3.63) is 65.7 Å². The maximum absolute atomic E-state index is 9.52. The first-order chi connectivity index (χ1) is 13.8. The van der Waals surface area contributed by atoms with Crippen molar-refractivity contribution < 1.29 is 14.9 Å². The van der Waals surface area contributed by atoms with Gasteiger partial charge in [-0.1, -0.05) is 42.5 Å². The number of ether oxygens (including phenoxy) is 1. The van der Waals surface area contributed by atoms with Crippen molar-refractivity contribution in [1.82, 2.24) is 9.80 Å². The van der Waals surface area contributed by atoms with Gasteiger partial charge >= 0.3 is 0 Å². The lowest BCUT2D eigenvalue weighted by atomic mass is 10.1. The molecule has 28 heavy (non-hydrogen) atoms. The van der Waals surface area contributed by atoms with Crippen molar-refractivity contribution in [2.45, 2.75) is 25.4 Å². The molecule has 0 saturated carbocycles. The van der Waals surface area contributed by atoms with E-state index in [9.17, 15) is 5.11 Å². The second-order valence-corrected chi connectivity index (χ2v) is 7.39. The molecule has 2 aromatic rings. The molecule has 1 aliphatic heterocycles. The number of hydrogen-bond acceptors (Lipinski definition) is 5. The van der Waals surface area contributed by atoms with Crippen LogP contribution in [0.5, 0.6) is 5.75 Å². The van der Waals surface area contributed by atoms with E-state index in [0.29, 0.717) is 12.6 Å². The lowest BCUT2D eigenvalue weighted by Crippen LogP contribution is -2.53. The Balaban J connectivity index is 1.51. The minimum Gasteiger partial charge on any atom is -0.491 e. The fourth-order valence-electron chi connectivity index (χ4n) is 3.85. The highest BCUT2D eigenvalue weighted by molar-refractivity contribution is 5.27. The second-order valence-electron chi connectivity index (χ2n) is 7.39. The van der Waals surface area contributed by atoms with Gasteiger partial charge in [-0.25, -0.2) is 0 Å². The molecule has 1 unspecified atom stereocenters. The largest absolute Gasteiger partial charge is 0.491 e. The Bertz CT molecular complexity index is 678. The van der Waals surface area contributed by atoms with E-state index in [2.05, 4.69) is 52.3 Å². The van der Waals surface area contributed by atoms with E-state index in [1.807, 2.05) is 12.1 Å². The summed E-state index contributed by atoms with van der Waals surface area (Å²) in [4.78, 5) is 5.01. The zero-order chi connectivity index (χ0) is 19.6. The summed E-state index contributed by atoms with van der Waals surface area (Å²) in [6.45, 7) is 5.61. The van der Waals surface area contributed by atoms with Crippen LogP contribution in [-0.2, 0) is 13.0 Å². The molecule has 2 aromatic carbocycles. The number of rotatable bonds is 10. The molecule has 0 bridgehead atoms. The number of hydrogen-bond donors (Lipinski definition) is 2. The molecule has 0 amide bonds. The molecule has 3 rings (SSSR count). The third-order valence-electron chi connectivity index (χ3n) is 5.37. The van der Waals surface area contributed by atoms with Crippen LogP contribution in [0, 0.1) is 0 Å². The van der Waals surface area contributed by atoms with E-state index < -0.39 is 0 Å². The summed E-state index contributed by atoms with van der Waals surface area (Å²) in [5, 5.41) is 18.4. The van der Waals surface area contributed by atoms with Gasteiger partial charge < -0.3 is 14.9 Å². The third kappa shape index (κ3) is 6.31. The maximum atomic E-state index is 9.52. The summed E-state index contributed by atoms with van der Waals surface area (Å²) in [6, 6.07) is 19.1. The van der Waals surface area contributed by atoms with Crippen molar-refractivity contribution in [3.8, 4) is 5.75 Å². The molecule has 1 heterocycles. The first-order valence-corrected chi connectivity index (χ1v) is 10.2. The zero-order valence-corrected chi connectivity index (χ0v) is 16.5. The highest BCUT2D eigenvalue weighted by atomic mass is 16.5. The Morgan fingerprint density at radius 2 is 1.68 bits per heavy atom. The fraction of sp³-hybridized carbons (Fsp3) is 0.478. The zero-order valence-electron chi connectivity index (χ0n) is 16.5. The van der Waals surface area contributed by atoms with Gasteiger partial charge in [-0.2, -0.15) is 0 Å². The Kier molecular flexibility index (Phi) is 8.30. The van der Waals surface area contributed by atoms with Crippen molar-refractivity contribution in [3.63, 3.8) is 0 Å². The van der Waals surface area contributed by atoms with E-state index in [0.717, 1.165) is 51.3 Å². The van der Waals surface area contributed by atoms with Crippen molar-refractivity contribution >= 4 is 0 Å². The van der Waals surface area contributed by atoms with Gasteiger partial charge in [0.1, 0.15) is 12.4 Å². The van der Waals surface area contributed by atoms with E-state index in [4.69, 9.17) is 9.84 Å². The van der Waals surface area contributed by atoms with Crippen molar-refractivity contribution in [2.75, 3.05) is 46.0 Å². The standard InChI is InChI=1S/C23H32N2O3/c26-15-11-22-19-24(18-21-6-8-23(9-7-21)28-17-16-27)13-14-25(22)12-10-20-4-2-1-3-5-20/h1-9,22,26-27H,10-19H2. The highest BCUT2D eigenvalue weighted by Crippen LogP contribution is 2.18. The number of aliphatic hydroxyl groups is 2. The van der Waals surface area contributed by atoms with Crippen LogP contribution in [0.25, 0.3) is 0 Å². The Hall–Kier alpha value is -1.92. The van der Waals surface area contributed by atoms with Crippen LogP contribution in [0.2, 0.25) is 0 Å². The monoisotopic (exact) mass is 384 g/mol. The first-order valence-electron chi connectivity index (χ1n) is 10.2. The minimum atomic E-state index is 0.0303. The molecular formula is C23H32N2O3. The maximum Gasteiger partial charge on any atom is 0.119 e. The molecule has 2 N–H and O–H groups in total. The Morgan fingerprint density at radius 3 is 2.39 bits per heavy atom. The van der Waals surface area contributed by atoms with Gasteiger partial charge in [-0.15, -0.1) is 0 Å². The molecule has 0 radical (unpaired) electrons.